The van der Waals surface area contributed by atoms with Crippen molar-refractivity contribution in [3.05, 3.63) is 23.8 Å². The van der Waals surface area contributed by atoms with Crippen molar-refractivity contribution < 1.29 is 27.9 Å². The number of carbonyl (C=O) groups is 2. The number of hydrogen-bond acceptors (Lipinski definition) is 5. The molecule has 0 spiro atoms. The number of primary sulfonamides is 1. The Morgan fingerprint density at radius 1 is 1.42 bits per heavy atom. The maximum absolute atomic E-state index is 11.1. The molecule has 0 aliphatic heterocycles. The zero-order chi connectivity index (χ0) is 14.6. The van der Waals surface area contributed by atoms with Gasteiger partial charge in [0.25, 0.3) is 5.91 Å². The van der Waals surface area contributed by atoms with Gasteiger partial charge < -0.3 is 15.2 Å². The third-order valence-electron chi connectivity index (χ3n) is 2.15. The standard InChI is InChI=1S/C10H12N2O6S/c1-12-9(13)5-18-8-3-2-6(19(11,16)17)4-7(8)10(14)15/h2-4H,5H2,1H3,(H,12,13)(H,14,15)(H2,11,16,17). The molecule has 9 heteroatoms. The molecule has 0 heterocycles. The highest BCUT2D eigenvalue weighted by Crippen LogP contribution is 2.22. The van der Waals surface area contributed by atoms with Crippen LogP contribution < -0.4 is 15.2 Å². The van der Waals surface area contributed by atoms with E-state index in [-0.39, 0.29) is 17.3 Å². The van der Waals surface area contributed by atoms with Crippen LogP contribution in [0.25, 0.3) is 0 Å². The Morgan fingerprint density at radius 2 is 2.05 bits per heavy atom. The van der Waals surface area contributed by atoms with Gasteiger partial charge in [-0.25, -0.2) is 18.4 Å². The van der Waals surface area contributed by atoms with Crippen molar-refractivity contribution in [3.63, 3.8) is 0 Å². The van der Waals surface area contributed by atoms with Gasteiger partial charge in [0.05, 0.1) is 4.90 Å². The number of aromatic carboxylic acids is 1. The average molecular weight is 288 g/mol. The van der Waals surface area contributed by atoms with Crippen molar-refractivity contribution in [2.75, 3.05) is 13.7 Å². The summed E-state index contributed by atoms with van der Waals surface area (Å²) in [6.45, 7) is -0.383. The van der Waals surface area contributed by atoms with Crippen molar-refractivity contribution in [3.8, 4) is 5.75 Å². The van der Waals surface area contributed by atoms with Gasteiger partial charge in [-0.3, -0.25) is 4.79 Å². The summed E-state index contributed by atoms with van der Waals surface area (Å²) < 4.78 is 27.2. The molecule has 0 atom stereocenters. The topological polar surface area (TPSA) is 136 Å². The minimum absolute atomic E-state index is 0.122. The van der Waals surface area contributed by atoms with Gasteiger partial charge in [-0.2, -0.15) is 0 Å². The highest BCUT2D eigenvalue weighted by molar-refractivity contribution is 7.89. The Morgan fingerprint density at radius 3 is 2.53 bits per heavy atom. The Balaban J connectivity index is 3.12. The van der Waals surface area contributed by atoms with E-state index in [4.69, 9.17) is 15.0 Å². The quantitative estimate of drug-likeness (QED) is 0.646. The molecule has 0 radical (unpaired) electrons. The first-order valence-electron chi connectivity index (χ1n) is 4.99. The van der Waals surface area contributed by atoms with Gasteiger partial charge in [0.15, 0.2) is 6.61 Å². The summed E-state index contributed by atoms with van der Waals surface area (Å²) in [5, 5.41) is 16.1. The van der Waals surface area contributed by atoms with E-state index in [0.717, 1.165) is 18.2 Å². The molecule has 1 rings (SSSR count). The van der Waals surface area contributed by atoms with Gasteiger partial charge in [-0.05, 0) is 18.2 Å². The number of rotatable bonds is 5. The van der Waals surface area contributed by atoms with Crippen LogP contribution in [0.3, 0.4) is 0 Å². The first-order valence-corrected chi connectivity index (χ1v) is 6.54. The fraction of sp³-hybridized carbons (Fsp3) is 0.200. The third kappa shape index (κ3) is 3.93. The van der Waals surface area contributed by atoms with E-state index < -0.39 is 27.5 Å². The summed E-state index contributed by atoms with van der Waals surface area (Å²) in [4.78, 5) is 21.6. The molecule has 0 saturated carbocycles. The Hall–Kier alpha value is -2.13. The molecule has 1 aromatic rings. The van der Waals surface area contributed by atoms with E-state index in [1.54, 1.807) is 0 Å². The molecule has 1 amide bonds. The molecule has 0 aromatic heterocycles. The Kier molecular flexibility index (Phi) is 4.46. The lowest BCUT2D eigenvalue weighted by atomic mass is 10.2. The number of sulfonamides is 1. The molecular weight excluding hydrogens is 276 g/mol. The summed E-state index contributed by atoms with van der Waals surface area (Å²) in [6, 6.07) is 3.10. The maximum Gasteiger partial charge on any atom is 0.339 e. The molecule has 0 bridgehead atoms. The number of ether oxygens (including phenoxy) is 1. The molecule has 0 saturated heterocycles. The summed E-state index contributed by atoms with van der Waals surface area (Å²) in [6.07, 6.45) is 0. The molecule has 4 N–H and O–H groups in total. The summed E-state index contributed by atoms with van der Waals surface area (Å²) >= 11 is 0. The molecule has 0 fully saturated rings. The van der Waals surface area contributed by atoms with Crippen LogP contribution in [-0.2, 0) is 14.8 Å². The molecule has 0 aliphatic carbocycles. The normalized spacial score (nSPS) is 10.8. The largest absolute Gasteiger partial charge is 0.483 e. The second-order valence-corrected chi connectivity index (χ2v) is 5.03. The molecule has 1 aromatic carbocycles. The van der Waals surface area contributed by atoms with E-state index in [1.165, 1.54) is 7.05 Å². The van der Waals surface area contributed by atoms with Gasteiger partial charge >= 0.3 is 5.97 Å². The maximum atomic E-state index is 11.1. The Bertz CT molecular complexity index is 610. The van der Waals surface area contributed by atoms with Gasteiger partial charge in [-0.15, -0.1) is 0 Å². The van der Waals surface area contributed by atoms with Crippen LogP contribution in [0.4, 0.5) is 0 Å². The number of amides is 1. The lowest BCUT2D eigenvalue weighted by molar-refractivity contribution is -0.122. The molecule has 8 nitrogen and oxygen atoms in total. The van der Waals surface area contributed by atoms with Crippen LogP contribution in [0.1, 0.15) is 10.4 Å². The molecule has 104 valence electrons. The van der Waals surface area contributed by atoms with E-state index in [2.05, 4.69) is 5.32 Å². The summed E-state index contributed by atoms with van der Waals surface area (Å²) in [5.74, 6) is -1.97. The van der Waals surface area contributed by atoms with Crippen LogP contribution in [0.5, 0.6) is 5.75 Å². The average Bonchev–Trinajstić information content (AvgIpc) is 2.34. The van der Waals surface area contributed by atoms with Crippen molar-refractivity contribution in [2.45, 2.75) is 4.90 Å². The second kappa shape index (κ2) is 5.67. The zero-order valence-electron chi connectivity index (χ0n) is 9.91. The number of benzene rings is 1. The van der Waals surface area contributed by atoms with Crippen LogP contribution >= 0.6 is 0 Å². The molecule has 0 aliphatic rings. The van der Waals surface area contributed by atoms with Gasteiger partial charge in [0, 0.05) is 7.05 Å². The second-order valence-electron chi connectivity index (χ2n) is 3.47. The number of hydrogen-bond donors (Lipinski definition) is 3. The van der Waals surface area contributed by atoms with E-state index >= 15 is 0 Å². The van der Waals surface area contributed by atoms with Gasteiger partial charge in [0.1, 0.15) is 11.3 Å². The lowest BCUT2D eigenvalue weighted by Crippen LogP contribution is -2.25. The van der Waals surface area contributed by atoms with E-state index in [9.17, 15) is 18.0 Å². The van der Waals surface area contributed by atoms with E-state index in [0.29, 0.717) is 0 Å². The number of carbonyl (C=O) groups excluding carboxylic acids is 1. The fourth-order valence-electron chi connectivity index (χ4n) is 1.19. The minimum atomic E-state index is -4.01. The first kappa shape index (κ1) is 14.9. The van der Waals surface area contributed by atoms with Gasteiger partial charge in [-0.1, -0.05) is 0 Å². The monoisotopic (exact) mass is 288 g/mol. The summed E-state index contributed by atoms with van der Waals surface area (Å²) in [7, 11) is -2.61. The molecule has 19 heavy (non-hydrogen) atoms. The van der Waals surface area contributed by atoms with Crippen LogP contribution in [0.2, 0.25) is 0 Å². The zero-order valence-corrected chi connectivity index (χ0v) is 10.7. The summed E-state index contributed by atoms with van der Waals surface area (Å²) in [5.41, 5.74) is -0.393. The SMILES string of the molecule is CNC(=O)COc1ccc(S(N)(=O)=O)cc1C(=O)O. The number of nitrogens with one attached hydrogen (secondary N) is 1. The number of nitrogens with two attached hydrogens (primary N) is 1. The fourth-order valence-corrected chi connectivity index (χ4v) is 1.73. The third-order valence-corrected chi connectivity index (χ3v) is 3.06. The van der Waals surface area contributed by atoms with Gasteiger partial charge in [0.2, 0.25) is 10.0 Å². The van der Waals surface area contributed by atoms with Crippen molar-refractivity contribution in [2.24, 2.45) is 5.14 Å². The van der Waals surface area contributed by atoms with Crippen molar-refractivity contribution >= 4 is 21.9 Å². The molecule has 0 unspecified atom stereocenters. The molecular formula is C10H12N2O6S. The van der Waals surface area contributed by atoms with Crippen molar-refractivity contribution in [1.29, 1.82) is 0 Å². The number of carboxylic acids is 1. The minimum Gasteiger partial charge on any atom is -0.483 e. The Labute approximate surface area is 109 Å². The predicted molar refractivity (Wildman–Crippen MR) is 64.3 cm³/mol. The first-order chi connectivity index (χ1) is 8.75. The van der Waals surface area contributed by atoms with Crippen LogP contribution in [-0.4, -0.2) is 39.1 Å². The highest BCUT2D eigenvalue weighted by atomic mass is 32.2. The predicted octanol–water partition coefficient (Wildman–Crippen LogP) is -0.843. The highest BCUT2D eigenvalue weighted by Gasteiger charge is 2.17. The van der Waals surface area contributed by atoms with Crippen molar-refractivity contribution in [1.82, 2.24) is 5.32 Å². The number of carboxylic acid groups (broad SMARTS) is 1. The smallest absolute Gasteiger partial charge is 0.339 e. The lowest BCUT2D eigenvalue weighted by Gasteiger charge is -2.09. The van der Waals surface area contributed by atoms with Crippen LogP contribution in [0.15, 0.2) is 23.1 Å². The van der Waals surface area contributed by atoms with E-state index in [1.807, 2.05) is 0 Å². The number of likely N-dealkylation sites (N-methyl/N-ethyl adjacent to an activating group) is 1. The van der Waals surface area contributed by atoms with Crippen LogP contribution in [0, 0.1) is 0 Å².